The highest BCUT2D eigenvalue weighted by molar-refractivity contribution is 5.25. The van der Waals surface area contributed by atoms with Crippen LogP contribution in [0.25, 0.3) is 0 Å². The van der Waals surface area contributed by atoms with E-state index in [4.69, 9.17) is 10.5 Å². The molecule has 1 aliphatic rings. The zero-order chi connectivity index (χ0) is 11.5. The van der Waals surface area contributed by atoms with Crippen molar-refractivity contribution in [3.8, 4) is 5.75 Å². The monoisotopic (exact) mass is 227 g/mol. The molecule has 2 nitrogen and oxygen atoms in total. The highest BCUT2D eigenvalue weighted by Gasteiger charge is 2.21. The van der Waals surface area contributed by atoms with Crippen LogP contribution in [-0.2, 0) is 0 Å². The number of nitrogens with two attached hydrogens (primary N) is 1. The van der Waals surface area contributed by atoms with Gasteiger partial charge in [-0.2, -0.15) is 4.39 Å². The predicted molar refractivity (Wildman–Crippen MR) is 57.2 cm³/mol. The minimum Gasteiger partial charge on any atom is -0.487 e. The Balaban J connectivity index is 2.01. The Morgan fingerprint density at radius 3 is 2.50 bits per heavy atom. The Labute approximate surface area is 93.4 Å². The maximum absolute atomic E-state index is 13.3. The first-order chi connectivity index (χ1) is 7.66. The first kappa shape index (κ1) is 11.3. The van der Waals surface area contributed by atoms with Crippen LogP contribution in [0.3, 0.4) is 0 Å². The molecule has 0 bridgehead atoms. The van der Waals surface area contributed by atoms with E-state index in [9.17, 15) is 8.78 Å². The van der Waals surface area contributed by atoms with E-state index < -0.39 is 11.6 Å². The van der Waals surface area contributed by atoms with Crippen LogP contribution >= 0.6 is 0 Å². The lowest BCUT2D eigenvalue weighted by Crippen LogP contribution is -2.31. The van der Waals surface area contributed by atoms with Crippen molar-refractivity contribution in [2.45, 2.75) is 37.8 Å². The molecule has 0 saturated heterocycles. The second kappa shape index (κ2) is 4.78. The molecule has 0 atom stereocenters. The summed E-state index contributed by atoms with van der Waals surface area (Å²) >= 11 is 0. The van der Waals surface area contributed by atoms with E-state index in [2.05, 4.69) is 0 Å². The summed E-state index contributed by atoms with van der Waals surface area (Å²) in [6.07, 6.45) is 3.31. The number of hydrogen-bond acceptors (Lipinski definition) is 2. The molecule has 0 radical (unpaired) electrons. The number of hydrogen-bond donors (Lipinski definition) is 1. The molecule has 0 aliphatic heterocycles. The summed E-state index contributed by atoms with van der Waals surface area (Å²) in [7, 11) is 0. The van der Waals surface area contributed by atoms with E-state index >= 15 is 0 Å². The Hall–Kier alpha value is -1.16. The lowest BCUT2D eigenvalue weighted by molar-refractivity contribution is 0.140. The number of ether oxygens (including phenoxy) is 1. The lowest BCUT2D eigenvalue weighted by Gasteiger charge is -2.26. The third kappa shape index (κ3) is 2.50. The zero-order valence-electron chi connectivity index (χ0n) is 8.96. The topological polar surface area (TPSA) is 35.2 Å². The second-order valence-corrected chi connectivity index (χ2v) is 4.21. The Kier molecular flexibility index (Phi) is 3.39. The minimum atomic E-state index is -0.905. The molecular formula is C12H15F2NO. The van der Waals surface area contributed by atoms with Crippen molar-refractivity contribution in [3.63, 3.8) is 0 Å². The van der Waals surface area contributed by atoms with Crippen LogP contribution in [-0.4, -0.2) is 12.1 Å². The van der Waals surface area contributed by atoms with Crippen molar-refractivity contribution in [2.75, 3.05) is 0 Å². The van der Waals surface area contributed by atoms with Gasteiger partial charge in [-0.1, -0.05) is 6.07 Å². The van der Waals surface area contributed by atoms with Crippen molar-refractivity contribution in [2.24, 2.45) is 5.73 Å². The van der Waals surface area contributed by atoms with Crippen LogP contribution in [0.5, 0.6) is 5.75 Å². The molecule has 2 rings (SSSR count). The van der Waals surface area contributed by atoms with Gasteiger partial charge < -0.3 is 10.5 Å². The highest BCUT2D eigenvalue weighted by Crippen LogP contribution is 2.25. The van der Waals surface area contributed by atoms with Crippen molar-refractivity contribution in [1.82, 2.24) is 0 Å². The SMILES string of the molecule is NC1CCC(Oc2cccc(F)c2F)CC1. The summed E-state index contributed by atoms with van der Waals surface area (Å²) in [5, 5.41) is 0. The molecular weight excluding hydrogens is 212 g/mol. The first-order valence-corrected chi connectivity index (χ1v) is 5.53. The summed E-state index contributed by atoms with van der Waals surface area (Å²) in [5.41, 5.74) is 5.75. The first-order valence-electron chi connectivity index (χ1n) is 5.53. The van der Waals surface area contributed by atoms with Gasteiger partial charge in [-0.05, 0) is 37.8 Å². The van der Waals surface area contributed by atoms with E-state index in [0.717, 1.165) is 31.7 Å². The Bertz CT molecular complexity index is 362. The maximum atomic E-state index is 13.3. The predicted octanol–water partition coefficient (Wildman–Crippen LogP) is 2.61. The molecule has 0 spiro atoms. The molecule has 1 fully saturated rings. The smallest absolute Gasteiger partial charge is 0.200 e. The molecule has 1 aromatic carbocycles. The van der Waals surface area contributed by atoms with Gasteiger partial charge in [0.2, 0.25) is 5.82 Å². The normalized spacial score (nSPS) is 25.4. The number of rotatable bonds is 2. The third-order valence-corrected chi connectivity index (χ3v) is 2.93. The molecule has 1 aromatic rings. The summed E-state index contributed by atoms with van der Waals surface area (Å²) in [4.78, 5) is 0. The molecule has 0 unspecified atom stereocenters. The minimum absolute atomic E-state index is 0.000437. The van der Waals surface area contributed by atoms with Crippen LogP contribution in [0.15, 0.2) is 18.2 Å². The number of benzene rings is 1. The molecule has 1 saturated carbocycles. The van der Waals surface area contributed by atoms with Gasteiger partial charge in [0.15, 0.2) is 11.6 Å². The molecule has 1 aliphatic carbocycles. The second-order valence-electron chi connectivity index (χ2n) is 4.21. The van der Waals surface area contributed by atoms with Crippen LogP contribution in [0, 0.1) is 11.6 Å². The van der Waals surface area contributed by atoms with Gasteiger partial charge in [-0.15, -0.1) is 0 Å². The quantitative estimate of drug-likeness (QED) is 0.842. The molecule has 2 N–H and O–H groups in total. The van der Waals surface area contributed by atoms with Gasteiger partial charge in [0.05, 0.1) is 6.10 Å². The summed E-state index contributed by atoms with van der Waals surface area (Å²) in [6, 6.07) is 4.20. The third-order valence-electron chi connectivity index (χ3n) is 2.93. The van der Waals surface area contributed by atoms with E-state index in [0.29, 0.717) is 0 Å². The zero-order valence-corrected chi connectivity index (χ0v) is 8.96. The summed E-state index contributed by atoms with van der Waals surface area (Å²) < 4.78 is 31.7. The Morgan fingerprint density at radius 1 is 1.12 bits per heavy atom. The van der Waals surface area contributed by atoms with Crippen molar-refractivity contribution < 1.29 is 13.5 Å². The summed E-state index contributed by atoms with van der Waals surface area (Å²) in [5.74, 6) is -1.78. The van der Waals surface area contributed by atoms with Gasteiger partial charge in [0, 0.05) is 6.04 Å². The Morgan fingerprint density at radius 2 is 1.81 bits per heavy atom. The molecule has 16 heavy (non-hydrogen) atoms. The van der Waals surface area contributed by atoms with E-state index in [1.807, 2.05) is 0 Å². The van der Waals surface area contributed by atoms with Crippen molar-refractivity contribution in [1.29, 1.82) is 0 Å². The van der Waals surface area contributed by atoms with Gasteiger partial charge in [-0.3, -0.25) is 0 Å². The molecule has 0 amide bonds. The fourth-order valence-electron chi connectivity index (χ4n) is 1.96. The highest BCUT2D eigenvalue weighted by atomic mass is 19.2. The van der Waals surface area contributed by atoms with Crippen molar-refractivity contribution in [3.05, 3.63) is 29.8 Å². The van der Waals surface area contributed by atoms with E-state index in [-0.39, 0.29) is 17.9 Å². The van der Waals surface area contributed by atoms with Crippen LogP contribution < -0.4 is 10.5 Å². The molecule has 0 heterocycles. The molecule has 88 valence electrons. The maximum Gasteiger partial charge on any atom is 0.200 e. The van der Waals surface area contributed by atoms with Gasteiger partial charge in [0.1, 0.15) is 0 Å². The van der Waals surface area contributed by atoms with Crippen LogP contribution in [0.4, 0.5) is 8.78 Å². The standard InChI is InChI=1S/C12H15F2NO/c13-10-2-1-3-11(12(10)14)16-9-6-4-8(15)5-7-9/h1-3,8-9H,4-7,15H2. The summed E-state index contributed by atoms with van der Waals surface area (Å²) in [6.45, 7) is 0. The lowest BCUT2D eigenvalue weighted by atomic mass is 9.94. The average Bonchev–Trinajstić information content (AvgIpc) is 2.28. The van der Waals surface area contributed by atoms with E-state index in [1.54, 1.807) is 0 Å². The van der Waals surface area contributed by atoms with Gasteiger partial charge >= 0.3 is 0 Å². The van der Waals surface area contributed by atoms with Crippen molar-refractivity contribution >= 4 is 0 Å². The fraction of sp³-hybridized carbons (Fsp3) is 0.500. The molecule has 4 heteroatoms. The van der Waals surface area contributed by atoms with Gasteiger partial charge in [-0.25, -0.2) is 4.39 Å². The molecule has 0 aromatic heterocycles. The van der Waals surface area contributed by atoms with Crippen LogP contribution in [0.1, 0.15) is 25.7 Å². The van der Waals surface area contributed by atoms with Crippen LogP contribution in [0.2, 0.25) is 0 Å². The fourth-order valence-corrected chi connectivity index (χ4v) is 1.96. The van der Waals surface area contributed by atoms with Gasteiger partial charge in [0.25, 0.3) is 0 Å². The largest absolute Gasteiger partial charge is 0.487 e. The van der Waals surface area contributed by atoms with E-state index in [1.165, 1.54) is 12.1 Å². The average molecular weight is 227 g/mol. The number of halogens is 2.